The van der Waals surface area contributed by atoms with Gasteiger partial charge in [-0.05, 0) is 36.8 Å². The van der Waals surface area contributed by atoms with E-state index in [-0.39, 0.29) is 24.1 Å². The molecule has 5 rings (SSSR count). The van der Waals surface area contributed by atoms with Gasteiger partial charge in [-0.15, -0.1) is 5.11 Å². The summed E-state index contributed by atoms with van der Waals surface area (Å²) in [5.74, 6) is -0.105. The molecule has 0 radical (unpaired) electrons. The lowest BCUT2D eigenvalue weighted by molar-refractivity contribution is 0.0557. The summed E-state index contributed by atoms with van der Waals surface area (Å²) in [4.78, 5) is 26.2. The molecule has 2 aliphatic heterocycles. The lowest BCUT2D eigenvalue weighted by Crippen LogP contribution is -2.57. The van der Waals surface area contributed by atoms with Crippen molar-refractivity contribution in [2.45, 2.75) is 13.1 Å². The van der Waals surface area contributed by atoms with Gasteiger partial charge in [-0.3, -0.25) is 4.79 Å². The Morgan fingerprint density at radius 1 is 1.24 bits per heavy atom. The lowest BCUT2D eigenvalue weighted by Gasteiger charge is -2.39. The van der Waals surface area contributed by atoms with Crippen molar-refractivity contribution >= 4 is 44.8 Å². The summed E-state index contributed by atoms with van der Waals surface area (Å²) >= 11 is 3.43. The highest BCUT2D eigenvalue weighted by molar-refractivity contribution is 9.10. The van der Waals surface area contributed by atoms with E-state index < -0.39 is 0 Å². The Morgan fingerprint density at radius 3 is 2.85 bits per heavy atom. The fourth-order valence-corrected chi connectivity index (χ4v) is 4.13. The first-order valence-corrected chi connectivity index (χ1v) is 11.1. The Bertz CT molecular complexity index is 1270. The summed E-state index contributed by atoms with van der Waals surface area (Å²) in [6, 6.07) is 9.35. The first-order valence-electron chi connectivity index (χ1n) is 10.3. The van der Waals surface area contributed by atoms with Crippen molar-refractivity contribution in [2.24, 2.45) is 16.3 Å². The molecule has 33 heavy (non-hydrogen) atoms. The largest absolute Gasteiger partial charge is 0.453 e. The molecule has 2 aromatic heterocycles. The van der Waals surface area contributed by atoms with Gasteiger partial charge in [0.15, 0.2) is 0 Å². The van der Waals surface area contributed by atoms with Crippen LogP contribution in [0.15, 0.2) is 57.5 Å². The molecule has 1 fully saturated rings. The van der Waals surface area contributed by atoms with E-state index in [9.17, 15) is 9.59 Å². The van der Waals surface area contributed by atoms with E-state index in [0.29, 0.717) is 29.9 Å². The number of anilines is 2. The van der Waals surface area contributed by atoms with Crippen molar-refractivity contribution in [3.63, 3.8) is 0 Å². The SMILES string of the molecule is COC(=O)N1CC(C2N=NN(c3ccc(C)c(NC(=O)c4cnn5ccc(Br)cc45)c3)N2)C1. The number of rotatable bonds is 4. The molecule has 1 atom stereocenters. The number of nitrogens with zero attached hydrogens (tertiary/aromatic N) is 6. The zero-order chi connectivity index (χ0) is 23.1. The van der Waals surface area contributed by atoms with Crippen molar-refractivity contribution in [1.82, 2.24) is 19.9 Å². The van der Waals surface area contributed by atoms with Gasteiger partial charge >= 0.3 is 6.09 Å². The second-order valence-electron chi connectivity index (χ2n) is 7.91. The van der Waals surface area contributed by atoms with E-state index in [1.807, 2.05) is 37.3 Å². The van der Waals surface area contributed by atoms with E-state index in [0.717, 1.165) is 15.7 Å². The molecule has 2 aliphatic rings. The van der Waals surface area contributed by atoms with E-state index in [1.165, 1.54) is 7.11 Å². The first-order chi connectivity index (χ1) is 15.9. The number of methoxy groups -OCH3 is 1. The fourth-order valence-electron chi connectivity index (χ4n) is 3.80. The topological polar surface area (TPSA) is 116 Å². The monoisotopic (exact) mass is 512 g/mol. The van der Waals surface area contributed by atoms with Crippen molar-refractivity contribution in [3.05, 3.63) is 58.3 Å². The van der Waals surface area contributed by atoms with Gasteiger partial charge in [0.05, 0.1) is 30.1 Å². The highest BCUT2D eigenvalue weighted by Crippen LogP contribution is 2.29. The maximum atomic E-state index is 13.0. The maximum Gasteiger partial charge on any atom is 0.409 e. The number of amides is 2. The molecule has 0 aliphatic carbocycles. The quantitative estimate of drug-likeness (QED) is 0.553. The van der Waals surface area contributed by atoms with Crippen LogP contribution < -0.4 is 15.9 Å². The standard InChI is InChI=1S/C21H21BrN8O3/c1-12-3-4-15(30-26-19(25-27-30)13-10-28(11-13)21(32)33-2)8-17(12)24-20(31)16-9-23-29-6-5-14(22)7-18(16)29/h3-9,13,19,26H,10-11H2,1-2H3,(H,24,31). The molecule has 170 valence electrons. The van der Waals surface area contributed by atoms with Crippen LogP contribution in [0.25, 0.3) is 5.52 Å². The van der Waals surface area contributed by atoms with Crippen LogP contribution >= 0.6 is 15.9 Å². The Balaban J connectivity index is 1.28. The predicted molar refractivity (Wildman–Crippen MR) is 124 cm³/mol. The number of pyridine rings is 1. The summed E-state index contributed by atoms with van der Waals surface area (Å²) in [7, 11) is 1.37. The maximum absolute atomic E-state index is 13.0. The number of hydrogen-bond donors (Lipinski definition) is 2. The van der Waals surface area contributed by atoms with Gasteiger partial charge in [0.2, 0.25) is 0 Å². The van der Waals surface area contributed by atoms with E-state index in [2.05, 4.69) is 42.1 Å². The molecule has 0 saturated carbocycles. The van der Waals surface area contributed by atoms with Crippen molar-refractivity contribution in [2.75, 3.05) is 30.6 Å². The number of fused-ring (bicyclic) bond motifs is 1. The molecule has 1 aromatic carbocycles. The van der Waals surface area contributed by atoms with Gasteiger partial charge in [-0.25, -0.2) is 9.31 Å². The van der Waals surface area contributed by atoms with Gasteiger partial charge < -0.3 is 15.0 Å². The van der Waals surface area contributed by atoms with Gasteiger partial charge in [0.1, 0.15) is 6.17 Å². The number of hydrazine groups is 1. The number of benzene rings is 1. The van der Waals surface area contributed by atoms with Gasteiger partial charge in [-0.1, -0.05) is 27.2 Å². The summed E-state index contributed by atoms with van der Waals surface area (Å²) < 4.78 is 7.24. The minimum atomic E-state index is -0.337. The Hall–Kier alpha value is -3.51. The molecule has 2 amide bonds. The van der Waals surface area contributed by atoms with Gasteiger partial charge in [0, 0.05) is 35.4 Å². The third-order valence-electron chi connectivity index (χ3n) is 5.75. The Kier molecular flexibility index (Phi) is 5.46. The number of aryl methyl sites for hydroxylation is 1. The summed E-state index contributed by atoms with van der Waals surface area (Å²) in [5, 5.41) is 17.3. The molecule has 1 saturated heterocycles. The molecule has 12 heteroatoms. The zero-order valence-electron chi connectivity index (χ0n) is 17.9. The first kappa shape index (κ1) is 21.3. The van der Waals surface area contributed by atoms with Crippen LogP contribution in [0.2, 0.25) is 0 Å². The minimum Gasteiger partial charge on any atom is -0.453 e. The smallest absolute Gasteiger partial charge is 0.409 e. The molecule has 4 heterocycles. The average Bonchev–Trinajstić information content (AvgIpc) is 3.41. The van der Waals surface area contributed by atoms with Crippen molar-refractivity contribution < 1.29 is 14.3 Å². The van der Waals surface area contributed by atoms with Crippen LogP contribution in [0, 0.1) is 12.8 Å². The van der Waals surface area contributed by atoms with E-state index >= 15 is 0 Å². The Morgan fingerprint density at radius 2 is 2.06 bits per heavy atom. The van der Waals surface area contributed by atoms with E-state index in [4.69, 9.17) is 4.74 Å². The number of carbonyl (C=O) groups is 2. The summed E-state index contributed by atoms with van der Waals surface area (Å²) in [6.45, 7) is 3.04. The second kappa shape index (κ2) is 8.45. The highest BCUT2D eigenvalue weighted by Gasteiger charge is 2.39. The molecule has 2 N–H and O–H groups in total. The van der Waals surface area contributed by atoms with Crippen LogP contribution in [0.1, 0.15) is 15.9 Å². The van der Waals surface area contributed by atoms with Crippen LogP contribution in [-0.4, -0.2) is 52.9 Å². The molecule has 11 nitrogen and oxygen atoms in total. The van der Waals surface area contributed by atoms with Crippen LogP contribution in [0.3, 0.4) is 0 Å². The number of nitrogens with one attached hydrogen (secondary N) is 2. The van der Waals surface area contributed by atoms with Crippen LogP contribution in [0.4, 0.5) is 16.2 Å². The number of carbonyl (C=O) groups excluding carboxylic acids is 2. The number of aromatic nitrogens is 2. The van der Waals surface area contributed by atoms with E-state index in [1.54, 1.807) is 26.9 Å². The average molecular weight is 513 g/mol. The summed E-state index contributed by atoms with van der Waals surface area (Å²) in [5.41, 5.74) is 6.71. The van der Waals surface area contributed by atoms with Gasteiger partial charge in [-0.2, -0.15) is 15.6 Å². The molecule has 3 aromatic rings. The van der Waals surface area contributed by atoms with Crippen molar-refractivity contribution in [1.29, 1.82) is 0 Å². The number of hydrogen-bond acceptors (Lipinski definition) is 8. The fraction of sp³-hybridized carbons (Fsp3) is 0.286. The number of likely N-dealkylation sites (tertiary alicyclic amines) is 1. The minimum absolute atomic E-state index is 0.150. The lowest BCUT2D eigenvalue weighted by atomic mass is 9.98. The molecule has 1 unspecified atom stereocenters. The third-order valence-corrected chi connectivity index (χ3v) is 6.24. The highest BCUT2D eigenvalue weighted by atomic mass is 79.9. The van der Waals surface area contributed by atoms with Crippen LogP contribution in [0.5, 0.6) is 0 Å². The number of halogens is 1. The Labute approximate surface area is 197 Å². The molecular weight excluding hydrogens is 492 g/mol. The normalized spacial score (nSPS) is 18.0. The molecular formula is C21H21BrN8O3. The second-order valence-corrected chi connectivity index (χ2v) is 8.83. The zero-order valence-corrected chi connectivity index (χ0v) is 19.5. The van der Waals surface area contributed by atoms with Crippen molar-refractivity contribution in [3.8, 4) is 0 Å². The molecule has 0 spiro atoms. The third kappa shape index (κ3) is 4.02. The predicted octanol–water partition coefficient (Wildman–Crippen LogP) is 3.37. The number of ether oxygens (including phenoxy) is 1. The van der Waals surface area contributed by atoms with Crippen LogP contribution in [-0.2, 0) is 4.74 Å². The summed E-state index contributed by atoms with van der Waals surface area (Å²) in [6.07, 6.45) is 2.76. The molecule has 0 bridgehead atoms. The van der Waals surface area contributed by atoms with Gasteiger partial charge in [0.25, 0.3) is 5.91 Å².